The normalized spacial score (nSPS) is 13.9. The molecule has 0 spiro atoms. The highest BCUT2D eigenvalue weighted by Crippen LogP contribution is 2.35. The highest BCUT2D eigenvalue weighted by molar-refractivity contribution is 6.02. The van der Waals surface area contributed by atoms with Gasteiger partial charge in [0.15, 0.2) is 0 Å². The fraction of sp³-hybridized carbons (Fsp3) is 0.235. The van der Waals surface area contributed by atoms with Gasteiger partial charge in [-0.2, -0.15) is 5.26 Å². The van der Waals surface area contributed by atoms with Crippen LogP contribution in [0.25, 0.3) is 6.08 Å². The summed E-state index contributed by atoms with van der Waals surface area (Å²) in [7, 11) is 1.43. The molecule has 23 heavy (non-hydrogen) atoms. The first kappa shape index (κ1) is 16.4. The van der Waals surface area contributed by atoms with Gasteiger partial charge in [0.25, 0.3) is 5.91 Å². The molecule has 0 radical (unpaired) electrons. The molecule has 1 fully saturated rings. The number of nitriles is 1. The summed E-state index contributed by atoms with van der Waals surface area (Å²) < 4.78 is 14.1. The molecule has 1 N–H and O–H groups in total. The third-order valence-corrected chi connectivity index (χ3v) is 3.67. The molecule has 118 valence electrons. The molecule has 0 saturated heterocycles. The van der Waals surface area contributed by atoms with E-state index in [0.29, 0.717) is 17.7 Å². The van der Waals surface area contributed by atoms with Gasteiger partial charge in [-0.3, -0.25) is 9.59 Å². The van der Waals surface area contributed by atoms with Crippen LogP contribution in [-0.4, -0.2) is 19.4 Å². The number of allylic oxidation sites excluding steroid dienone is 1. The van der Waals surface area contributed by atoms with E-state index in [2.05, 4.69) is 11.9 Å². The van der Waals surface area contributed by atoms with Crippen molar-refractivity contribution in [1.82, 2.24) is 5.32 Å². The molecule has 0 aromatic heterocycles. The lowest BCUT2D eigenvalue weighted by Crippen LogP contribution is -2.27. The zero-order valence-electron chi connectivity index (χ0n) is 12.7. The summed E-state index contributed by atoms with van der Waals surface area (Å²) in [5.74, 6) is -0.959. The van der Waals surface area contributed by atoms with Crippen molar-refractivity contribution < 1.29 is 14.0 Å². The maximum Gasteiger partial charge on any atom is 0.252 e. The van der Waals surface area contributed by atoms with Crippen LogP contribution in [0.5, 0.6) is 0 Å². The zero-order valence-corrected chi connectivity index (χ0v) is 12.7. The molecule has 2 amide bonds. The van der Waals surface area contributed by atoms with Crippen LogP contribution in [0.4, 0.5) is 10.1 Å². The van der Waals surface area contributed by atoms with Crippen molar-refractivity contribution in [3.05, 3.63) is 47.4 Å². The minimum absolute atomic E-state index is 0.0430. The van der Waals surface area contributed by atoms with Gasteiger partial charge in [0, 0.05) is 18.8 Å². The maximum absolute atomic E-state index is 14.1. The van der Waals surface area contributed by atoms with Gasteiger partial charge in [-0.25, -0.2) is 4.39 Å². The average molecular weight is 313 g/mol. The van der Waals surface area contributed by atoms with E-state index in [-0.39, 0.29) is 17.2 Å². The fourth-order valence-corrected chi connectivity index (χ4v) is 2.19. The number of hydrogen-bond donors (Lipinski definition) is 1. The molecule has 1 aliphatic carbocycles. The lowest BCUT2D eigenvalue weighted by atomic mass is 10.1. The molecule has 1 aliphatic rings. The molecular weight excluding hydrogens is 297 g/mol. The van der Waals surface area contributed by atoms with Crippen LogP contribution in [-0.2, 0) is 9.59 Å². The summed E-state index contributed by atoms with van der Waals surface area (Å²) in [4.78, 5) is 24.0. The summed E-state index contributed by atoms with van der Waals surface area (Å²) in [5, 5.41) is 11.5. The number of benzene rings is 1. The van der Waals surface area contributed by atoms with Crippen molar-refractivity contribution in [2.75, 3.05) is 11.9 Å². The number of amides is 2. The molecule has 6 heteroatoms. The first-order chi connectivity index (χ1) is 11.0. The Morgan fingerprint density at radius 2 is 2.22 bits per heavy atom. The van der Waals surface area contributed by atoms with Crippen molar-refractivity contribution in [1.29, 1.82) is 5.26 Å². The van der Waals surface area contributed by atoms with Gasteiger partial charge in [0.05, 0.1) is 17.3 Å². The first-order valence-corrected chi connectivity index (χ1v) is 7.07. The first-order valence-electron chi connectivity index (χ1n) is 7.07. The van der Waals surface area contributed by atoms with E-state index in [1.54, 1.807) is 0 Å². The van der Waals surface area contributed by atoms with E-state index in [4.69, 9.17) is 5.26 Å². The van der Waals surface area contributed by atoms with E-state index in [9.17, 15) is 14.0 Å². The lowest BCUT2D eigenvalue weighted by molar-refractivity contribution is -0.114. The van der Waals surface area contributed by atoms with Crippen LogP contribution in [0.1, 0.15) is 24.0 Å². The van der Waals surface area contributed by atoms with E-state index >= 15 is 0 Å². The van der Waals surface area contributed by atoms with Gasteiger partial charge < -0.3 is 10.2 Å². The Morgan fingerprint density at radius 3 is 2.74 bits per heavy atom. The number of hydrogen-bond acceptors (Lipinski definition) is 3. The minimum Gasteiger partial charge on any atom is -0.332 e. The van der Waals surface area contributed by atoms with E-state index in [1.807, 2.05) is 6.07 Å². The van der Waals surface area contributed by atoms with Crippen LogP contribution in [0.3, 0.4) is 0 Å². The maximum atomic E-state index is 14.1. The van der Waals surface area contributed by atoms with Crippen LogP contribution in [0.15, 0.2) is 30.5 Å². The third kappa shape index (κ3) is 3.64. The molecule has 0 aliphatic heterocycles. The van der Waals surface area contributed by atoms with Gasteiger partial charge >= 0.3 is 0 Å². The van der Waals surface area contributed by atoms with Crippen molar-refractivity contribution in [2.24, 2.45) is 5.92 Å². The number of halogens is 1. The summed E-state index contributed by atoms with van der Waals surface area (Å²) in [6.07, 6.45) is 5.08. The Morgan fingerprint density at radius 1 is 1.52 bits per heavy atom. The van der Waals surface area contributed by atoms with Crippen LogP contribution in [0, 0.1) is 23.1 Å². The molecule has 0 bridgehead atoms. The van der Waals surface area contributed by atoms with E-state index < -0.39 is 11.7 Å². The number of nitrogens with zero attached hydrogens (tertiary/aromatic N) is 2. The topological polar surface area (TPSA) is 73.2 Å². The van der Waals surface area contributed by atoms with Crippen LogP contribution >= 0.6 is 0 Å². The number of carbonyl (C=O) groups excluding carboxylic acids is 2. The molecule has 1 aromatic carbocycles. The Bertz CT molecular complexity index is 730. The molecule has 0 unspecified atom stereocenters. The summed E-state index contributed by atoms with van der Waals surface area (Å²) >= 11 is 0. The van der Waals surface area contributed by atoms with Gasteiger partial charge in [-0.15, -0.1) is 0 Å². The van der Waals surface area contributed by atoms with Gasteiger partial charge in [0.1, 0.15) is 5.82 Å². The molecule has 2 rings (SSSR count). The zero-order chi connectivity index (χ0) is 17.0. The summed E-state index contributed by atoms with van der Waals surface area (Å²) in [6, 6.07) is 4.35. The summed E-state index contributed by atoms with van der Waals surface area (Å²) in [5.41, 5.74) is 1.18. The van der Waals surface area contributed by atoms with Crippen LogP contribution in [0.2, 0.25) is 0 Å². The molecule has 1 aromatic rings. The Kier molecular flexibility index (Phi) is 4.91. The van der Waals surface area contributed by atoms with Crippen molar-refractivity contribution >= 4 is 24.1 Å². The van der Waals surface area contributed by atoms with Crippen LogP contribution < -0.4 is 10.2 Å². The molecule has 5 nitrogen and oxygen atoms in total. The van der Waals surface area contributed by atoms with Gasteiger partial charge in [0.2, 0.25) is 6.41 Å². The van der Waals surface area contributed by atoms with Crippen molar-refractivity contribution in [2.45, 2.75) is 12.8 Å². The number of anilines is 1. The Hall–Kier alpha value is -2.94. The number of nitrogens with one attached hydrogen (secondary N) is 1. The van der Waals surface area contributed by atoms with Gasteiger partial charge in [-0.1, -0.05) is 12.7 Å². The van der Waals surface area contributed by atoms with Crippen molar-refractivity contribution in [3.63, 3.8) is 0 Å². The highest BCUT2D eigenvalue weighted by atomic mass is 19.1. The highest BCUT2D eigenvalue weighted by Gasteiger charge is 2.27. The summed E-state index contributed by atoms with van der Waals surface area (Å²) in [6.45, 7) is 3.58. The largest absolute Gasteiger partial charge is 0.332 e. The quantitative estimate of drug-likeness (QED) is 0.647. The number of carbonyl (C=O) groups is 2. The van der Waals surface area contributed by atoms with Crippen molar-refractivity contribution in [3.8, 4) is 6.07 Å². The lowest BCUT2D eigenvalue weighted by Gasteiger charge is -2.18. The average Bonchev–Trinajstić information content (AvgIpc) is 3.38. The van der Waals surface area contributed by atoms with E-state index in [1.165, 1.54) is 25.3 Å². The SMILES string of the molecule is C=Cc1cc(N(C)C(=O)/C=C(\NC=O)C2CC2)c(F)cc1C#N. The Balaban J connectivity index is 2.32. The smallest absolute Gasteiger partial charge is 0.252 e. The number of likely N-dealkylation sites (N-methyl/N-ethyl adjacent to an activating group) is 1. The minimum atomic E-state index is -0.673. The fourth-order valence-electron chi connectivity index (χ4n) is 2.19. The molecule has 0 heterocycles. The predicted octanol–water partition coefficient (Wildman–Crippen LogP) is 2.34. The second-order valence-corrected chi connectivity index (χ2v) is 5.24. The molecule has 0 atom stereocenters. The second-order valence-electron chi connectivity index (χ2n) is 5.24. The molecule has 1 saturated carbocycles. The number of rotatable bonds is 6. The standard InChI is InChI=1S/C17H16FN3O2/c1-3-11-7-16(14(18)6-13(11)9-19)21(2)17(23)8-15(20-10-22)12-4-5-12/h3,6-8,10,12H,1,4-5H2,2H3,(H,20,22)/b15-8-. The third-order valence-electron chi connectivity index (χ3n) is 3.67. The van der Waals surface area contributed by atoms with Gasteiger partial charge in [-0.05, 0) is 36.5 Å². The molecular formula is C17H16FN3O2. The predicted molar refractivity (Wildman–Crippen MR) is 84.6 cm³/mol. The second kappa shape index (κ2) is 6.88. The monoisotopic (exact) mass is 313 g/mol. The Labute approximate surface area is 133 Å². The van der Waals surface area contributed by atoms with E-state index in [0.717, 1.165) is 23.8 Å².